The van der Waals surface area contributed by atoms with Crippen molar-refractivity contribution in [2.45, 2.75) is 20.3 Å². The van der Waals surface area contributed by atoms with Crippen molar-refractivity contribution in [3.05, 3.63) is 0 Å². The van der Waals surface area contributed by atoms with E-state index in [0.29, 0.717) is 32.7 Å². The van der Waals surface area contributed by atoms with Crippen LogP contribution in [0, 0.1) is 17.8 Å². The highest BCUT2D eigenvalue weighted by Gasteiger charge is 2.31. The second kappa shape index (κ2) is 7.33. The summed E-state index contributed by atoms with van der Waals surface area (Å²) in [5.74, 6) is -0.813. The molecule has 1 fully saturated rings. The number of amides is 2. The molecular formula is C13H24N2O4. The molecule has 1 aliphatic rings. The van der Waals surface area contributed by atoms with E-state index in [1.807, 2.05) is 13.8 Å². The van der Waals surface area contributed by atoms with Crippen molar-refractivity contribution in [1.82, 2.24) is 10.2 Å². The zero-order valence-electron chi connectivity index (χ0n) is 11.9. The van der Waals surface area contributed by atoms with Crippen LogP contribution in [0.25, 0.3) is 0 Å². The highest BCUT2D eigenvalue weighted by Crippen LogP contribution is 2.21. The van der Waals surface area contributed by atoms with Gasteiger partial charge in [0.25, 0.3) is 0 Å². The SMILES string of the molecule is COCC(C)CNC(=O)N1CC(C)CC(C(=O)O)C1. The van der Waals surface area contributed by atoms with Gasteiger partial charge in [-0.3, -0.25) is 4.79 Å². The Labute approximate surface area is 114 Å². The van der Waals surface area contributed by atoms with E-state index < -0.39 is 11.9 Å². The van der Waals surface area contributed by atoms with Crippen LogP contribution in [-0.2, 0) is 9.53 Å². The minimum atomic E-state index is -0.822. The van der Waals surface area contributed by atoms with E-state index >= 15 is 0 Å². The Kier molecular flexibility index (Phi) is 6.08. The average Bonchev–Trinajstić information content (AvgIpc) is 2.35. The normalized spacial score (nSPS) is 24.9. The van der Waals surface area contributed by atoms with Crippen molar-refractivity contribution in [2.24, 2.45) is 17.8 Å². The van der Waals surface area contributed by atoms with Crippen molar-refractivity contribution in [2.75, 3.05) is 33.4 Å². The van der Waals surface area contributed by atoms with Crippen LogP contribution in [0.1, 0.15) is 20.3 Å². The lowest BCUT2D eigenvalue weighted by molar-refractivity contribution is -0.143. The van der Waals surface area contributed by atoms with Gasteiger partial charge in [0.15, 0.2) is 0 Å². The number of nitrogens with zero attached hydrogens (tertiary/aromatic N) is 1. The smallest absolute Gasteiger partial charge is 0.317 e. The van der Waals surface area contributed by atoms with E-state index in [1.54, 1.807) is 12.0 Å². The monoisotopic (exact) mass is 272 g/mol. The molecule has 0 aromatic heterocycles. The minimum Gasteiger partial charge on any atom is -0.481 e. The Bertz CT molecular complexity index is 322. The first-order valence-electron chi connectivity index (χ1n) is 6.68. The number of carboxylic acid groups (broad SMARTS) is 1. The van der Waals surface area contributed by atoms with E-state index in [-0.39, 0.29) is 17.9 Å². The summed E-state index contributed by atoms with van der Waals surface area (Å²) in [7, 11) is 1.63. The standard InChI is InChI=1S/C13H24N2O4/c1-9-4-11(12(16)17)7-15(6-9)13(18)14-5-10(2)8-19-3/h9-11H,4-8H2,1-3H3,(H,14,18)(H,16,17). The topological polar surface area (TPSA) is 78.9 Å². The number of carboxylic acids is 1. The quantitative estimate of drug-likeness (QED) is 0.783. The maximum atomic E-state index is 12.0. The number of nitrogens with one attached hydrogen (secondary N) is 1. The second-order valence-electron chi connectivity index (χ2n) is 5.53. The molecule has 0 radical (unpaired) electrons. The second-order valence-corrected chi connectivity index (χ2v) is 5.53. The van der Waals surface area contributed by atoms with Crippen LogP contribution < -0.4 is 5.32 Å². The number of piperidine rings is 1. The van der Waals surface area contributed by atoms with Gasteiger partial charge in [0.05, 0.1) is 12.5 Å². The summed E-state index contributed by atoms with van der Waals surface area (Å²) in [5.41, 5.74) is 0. The molecule has 0 spiro atoms. The minimum absolute atomic E-state index is 0.180. The van der Waals surface area contributed by atoms with Crippen LogP contribution in [0.15, 0.2) is 0 Å². The molecule has 3 atom stereocenters. The largest absolute Gasteiger partial charge is 0.481 e. The van der Waals surface area contributed by atoms with E-state index in [9.17, 15) is 9.59 Å². The molecule has 0 aliphatic carbocycles. The fourth-order valence-corrected chi connectivity index (χ4v) is 2.41. The van der Waals surface area contributed by atoms with Gasteiger partial charge in [-0.25, -0.2) is 4.79 Å². The van der Waals surface area contributed by atoms with Gasteiger partial charge in [-0.1, -0.05) is 13.8 Å². The van der Waals surface area contributed by atoms with Crippen LogP contribution in [0.2, 0.25) is 0 Å². The maximum Gasteiger partial charge on any atom is 0.317 e. The highest BCUT2D eigenvalue weighted by molar-refractivity contribution is 5.76. The predicted molar refractivity (Wildman–Crippen MR) is 70.9 cm³/mol. The molecule has 0 bridgehead atoms. The summed E-state index contributed by atoms with van der Waals surface area (Å²) in [6.45, 7) is 6.01. The van der Waals surface area contributed by atoms with Gasteiger partial charge < -0.3 is 20.1 Å². The fourth-order valence-electron chi connectivity index (χ4n) is 2.41. The van der Waals surface area contributed by atoms with Gasteiger partial charge in [-0.2, -0.15) is 0 Å². The van der Waals surface area contributed by atoms with E-state index in [2.05, 4.69) is 5.32 Å². The number of rotatable bonds is 5. The molecule has 1 heterocycles. The average molecular weight is 272 g/mol. The Hall–Kier alpha value is -1.30. The number of carbonyl (C=O) groups excluding carboxylic acids is 1. The summed E-state index contributed by atoms with van der Waals surface area (Å²) in [5, 5.41) is 11.9. The summed E-state index contributed by atoms with van der Waals surface area (Å²) in [6, 6.07) is -0.180. The third-order valence-electron chi connectivity index (χ3n) is 3.35. The molecule has 6 nitrogen and oxygen atoms in total. The van der Waals surface area contributed by atoms with Crippen LogP contribution >= 0.6 is 0 Å². The number of hydrogen-bond donors (Lipinski definition) is 2. The van der Waals surface area contributed by atoms with Crippen molar-refractivity contribution >= 4 is 12.0 Å². The fraction of sp³-hybridized carbons (Fsp3) is 0.846. The maximum absolute atomic E-state index is 12.0. The van der Waals surface area contributed by atoms with E-state index in [4.69, 9.17) is 9.84 Å². The summed E-state index contributed by atoms with van der Waals surface area (Å²) in [6.07, 6.45) is 0.638. The van der Waals surface area contributed by atoms with Gasteiger partial charge >= 0.3 is 12.0 Å². The lowest BCUT2D eigenvalue weighted by Crippen LogP contribution is -2.50. The molecule has 1 aliphatic heterocycles. The van der Waals surface area contributed by atoms with Crippen molar-refractivity contribution in [3.8, 4) is 0 Å². The number of ether oxygens (including phenoxy) is 1. The Morgan fingerprint density at radius 3 is 2.74 bits per heavy atom. The van der Waals surface area contributed by atoms with Crippen LogP contribution in [0.3, 0.4) is 0 Å². The van der Waals surface area contributed by atoms with Crippen molar-refractivity contribution in [1.29, 1.82) is 0 Å². The van der Waals surface area contributed by atoms with Crippen LogP contribution in [0.4, 0.5) is 4.79 Å². The first-order chi connectivity index (χ1) is 8.93. The Morgan fingerprint density at radius 2 is 2.16 bits per heavy atom. The molecule has 2 N–H and O–H groups in total. The molecule has 2 amide bonds. The summed E-state index contributed by atoms with van der Waals surface area (Å²) < 4.78 is 5.00. The molecular weight excluding hydrogens is 248 g/mol. The zero-order valence-corrected chi connectivity index (χ0v) is 11.9. The van der Waals surface area contributed by atoms with Gasteiger partial charge in [0.2, 0.25) is 0 Å². The lowest BCUT2D eigenvalue weighted by atomic mass is 9.91. The zero-order chi connectivity index (χ0) is 14.4. The van der Waals surface area contributed by atoms with E-state index in [1.165, 1.54) is 0 Å². The first kappa shape index (κ1) is 15.8. The number of hydrogen-bond acceptors (Lipinski definition) is 3. The first-order valence-corrected chi connectivity index (χ1v) is 6.68. The number of likely N-dealkylation sites (tertiary alicyclic amines) is 1. The van der Waals surface area contributed by atoms with E-state index in [0.717, 1.165) is 0 Å². The third-order valence-corrected chi connectivity index (χ3v) is 3.35. The number of methoxy groups -OCH3 is 1. The van der Waals surface area contributed by atoms with Gasteiger partial charge in [0, 0.05) is 26.7 Å². The molecule has 19 heavy (non-hydrogen) atoms. The molecule has 0 saturated carbocycles. The molecule has 1 saturated heterocycles. The number of urea groups is 1. The Balaban J connectivity index is 2.44. The molecule has 3 unspecified atom stereocenters. The Morgan fingerprint density at radius 1 is 1.47 bits per heavy atom. The number of aliphatic carboxylic acids is 1. The molecule has 110 valence electrons. The van der Waals surface area contributed by atoms with Crippen molar-refractivity contribution < 1.29 is 19.4 Å². The molecule has 0 aromatic carbocycles. The summed E-state index contributed by atoms with van der Waals surface area (Å²) >= 11 is 0. The van der Waals surface area contributed by atoms with Gasteiger partial charge in [0.1, 0.15) is 0 Å². The number of carbonyl (C=O) groups is 2. The third kappa shape index (κ3) is 5.06. The van der Waals surface area contributed by atoms with Gasteiger partial charge in [-0.05, 0) is 18.3 Å². The van der Waals surface area contributed by atoms with Crippen LogP contribution in [0.5, 0.6) is 0 Å². The lowest BCUT2D eigenvalue weighted by Gasteiger charge is -2.34. The molecule has 6 heteroatoms. The molecule has 0 aromatic rings. The predicted octanol–water partition coefficient (Wildman–Crippen LogP) is 1.02. The van der Waals surface area contributed by atoms with Gasteiger partial charge in [-0.15, -0.1) is 0 Å². The van der Waals surface area contributed by atoms with Crippen LogP contribution in [-0.4, -0.2) is 55.4 Å². The molecule has 1 rings (SSSR count). The highest BCUT2D eigenvalue weighted by atomic mass is 16.5. The van der Waals surface area contributed by atoms with Crippen molar-refractivity contribution in [3.63, 3.8) is 0 Å². The summed E-state index contributed by atoms with van der Waals surface area (Å²) in [4.78, 5) is 24.6.